The van der Waals surface area contributed by atoms with E-state index in [1.807, 2.05) is 9.80 Å². The predicted molar refractivity (Wildman–Crippen MR) is 148 cm³/mol. The van der Waals surface area contributed by atoms with Crippen LogP contribution < -0.4 is 10.6 Å². The standard InChI is InChI=1S/C30H38N4O4/c35-27(31-25-15-11-23(12-16-25)29(37)33-19-5-1-6-20-33)9-3-4-10-28(36)32-26-17-13-24(14-18-26)30(38)34-21-7-2-8-22-34/h11-18H,1-10,19-22H2,(H,31,35)(H,32,36). The number of hydrogen-bond donors (Lipinski definition) is 2. The van der Waals surface area contributed by atoms with Gasteiger partial charge in [0.05, 0.1) is 0 Å². The van der Waals surface area contributed by atoms with Gasteiger partial charge in [-0.2, -0.15) is 0 Å². The molecule has 2 heterocycles. The Balaban J connectivity index is 1.12. The Hall–Kier alpha value is -3.68. The second kappa shape index (κ2) is 13.7. The molecule has 8 heteroatoms. The zero-order chi connectivity index (χ0) is 26.7. The molecule has 2 aliphatic rings. The maximum atomic E-state index is 12.6. The Morgan fingerprint density at radius 1 is 0.526 bits per heavy atom. The Morgan fingerprint density at radius 2 is 0.868 bits per heavy atom. The summed E-state index contributed by atoms with van der Waals surface area (Å²) in [5.74, 6) is -0.144. The monoisotopic (exact) mass is 518 g/mol. The summed E-state index contributed by atoms with van der Waals surface area (Å²) in [6.45, 7) is 3.23. The molecule has 38 heavy (non-hydrogen) atoms. The van der Waals surface area contributed by atoms with Crippen molar-refractivity contribution in [3.8, 4) is 0 Å². The molecule has 2 fully saturated rings. The number of nitrogens with one attached hydrogen (secondary N) is 2. The van der Waals surface area contributed by atoms with Gasteiger partial charge in [0.2, 0.25) is 11.8 Å². The molecule has 8 nitrogen and oxygen atoms in total. The molecule has 202 valence electrons. The first-order chi connectivity index (χ1) is 18.5. The van der Waals surface area contributed by atoms with Crippen molar-refractivity contribution in [3.05, 3.63) is 59.7 Å². The number of likely N-dealkylation sites (tertiary alicyclic amines) is 2. The van der Waals surface area contributed by atoms with E-state index in [1.54, 1.807) is 48.5 Å². The molecular weight excluding hydrogens is 480 g/mol. The van der Waals surface area contributed by atoms with Crippen LogP contribution in [0.5, 0.6) is 0 Å². The van der Waals surface area contributed by atoms with Crippen molar-refractivity contribution < 1.29 is 19.2 Å². The predicted octanol–water partition coefficient (Wildman–Crippen LogP) is 5.08. The lowest BCUT2D eigenvalue weighted by atomic mass is 10.1. The van der Waals surface area contributed by atoms with Gasteiger partial charge in [-0.25, -0.2) is 0 Å². The Bertz CT molecular complexity index is 1010. The second-order valence-corrected chi connectivity index (χ2v) is 10.2. The van der Waals surface area contributed by atoms with Crippen LogP contribution in [0.3, 0.4) is 0 Å². The van der Waals surface area contributed by atoms with Crippen molar-refractivity contribution in [2.45, 2.75) is 64.2 Å². The summed E-state index contributed by atoms with van der Waals surface area (Å²) in [6.07, 6.45) is 8.37. The first kappa shape index (κ1) is 27.4. The number of benzene rings is 2. The number of carbonyl (C=O) groups is 4. The summed E-state index contributed by atoms with van der Waals surface area (Å²) >= 11 is 0. The number of amides is 4. The van der Waals surface area contributed by atoms with Gasteiger partial charge in [0.1, 0.15) is 0 Å². The van der Waals surface area contributed by atoms with Gasteiger partial charge in [0.15, 0.2) is 0 Å². The lowest BCUT2D eigenvalue weighted by Gasteiger charge is -2.26. The van der Waals surface area contributed by atoms with Gasteiger partial charge >= 0.3 is 0 Å². The van der Waals surface area contributed by atoms with Crippen molar-refractivity contribution in [1.29, 1.82) is 0 Å². The molecule has 0 saturated carbocycles. The van der Waals surface area contributed by atoms with Crippen LogP contribution in [-0.4, -0.2) is 59.6 Å². The maximum absolute atomic E-state index is 12.6. The minimum absolute atomic E-state index is 0.0442. The van der Waals surface area contributed by atoms with Gasteiger partial charge in [-0.05, 0) is 99.9 Å². The second-order valence-electron chi connectivity index (χ2n) is 10.2. The van der Waals surface area contributed by atoms with Crippen molar-refractivity contribution in [1.82, 2.24) is 9.80 Å². The summed E-state index contributed by atoms with van der Waals surface area (Å²) in [4.78, 5) is 53.5. The number of unbranched alkanes of at least 4 members (excludes halogenated alkanes) is 1. The molecule has 0 spiro atoms. The first-order valence-corrected chi connectivity index (χ1v) is 13.9. The average Bonchev–Trinajstić information content (AvgIpc) is 2.96. The SMILES string of the molecule is O=C(CCCCC(=O)Nc1ccc(C(=O)N2CCCCC2)cc1)Nc1ccc(C(=O)N2CCCCC2)cc1. The van der Waals surface area contributed by atoms with E-state index in [0.717, 1.165) is 51.9 Å². The molecule has 2 N–H and O–H groups in total. The van der Waals surface area contributed by atoms with Crippen LogP contribution in [0.1, 0.15) is 84.9 Å². The Labute approximate surface area is 224 Å². The van der Waals surface area contributed by atoms with Crippen LogP contribution in [0.4, 0.5) is 11.4 Å². The average molecular weight is 519 g/mol. The first-order valence-electron chi connectivity index (χ1n) is 13.9. The number of hydrogen-bond acceptors (Lipinski definition) is 4. The molecule has 2 aromatic carbocycles. The summed E-state index contributed by atoms with van der Waals surface area (Å²) in [5.41, 5.74) is 2.59. The topological polar surface area (TPSA) is 98.8 Å². The highest BCUT2D eigenvalue weighted by atomic mass is 16.2. The molecule has 2 aromatic rings. The molecule has 0 aromatic heterocycles. The van der Waals surface area contributed by atoms with E-state index in [-0.39, 0.29) is 23.6 Å². The molecule has 4 amide bonds. The molecule has 0 atom stereocenters. The van der Waals surface area contributed by atoms with Gasteiger partial charge in [0.25, 0.3) is 11.8 Å². The van der Waals surface area contributed by atoms with Crippen molar-refractivity contribution in [3.63, 3.8) is 0 Å². The normalized spacial score (nSPS) is 15.6. The number of anilines is 2. The lowest BCUT2D eigenvalue weighted by molar-refractivity contribution is -0.118. The number of carbonyl (C=O) groups excluding carboxylic acids is 4. The van der Waals surface area contributed by atoms with Gasteiger partial charge in [-0.15, -0.1) is 0 Å². The molecule has 0 radical (unpaired) electrons. The third-order valence-electron chi connectivity index (χ3n) is 7.18. The maximum Gasteiger partial charge on any atom is 0.253 e. The fourth-order valence-corrected chi connectivity index (χ4v) is 4.97. The third-order valence-corrected chi connectivity index (χ3v) is 7.18. The van der Waals surface area contributed by atoms with E-state index < -0.39 is 0 Å². The van der Waals surface area contributed by atoms with E-state index in [0.29, 0.717) is 48.2 Å². The fourth-order valence-electron chi connectivity index (χ4n) is 4.97. The fraction of sp³-hybridized carbons (Fsp3) is 0.467. The zero-order valence-electron chi connectivity index (χ0n) is 22.0. The van der Waals surface area contributed by atoms with Gasteiger partial charge in [0, 0.05) is 61.5 Å². The Kier molecular flexibility index (Phi) is 9.90. The van der Waals surface area contributed by atoms with E-state index in [1.165, 1.54) is 12.8 Å². The van der Waals surface area contributed by atoms with Crippen molar-refractivity contribution in [2.75, 3.05) is 36.8 Å². The number of piperidine rings is 2. The van der Waals surface area contributed by atoms with Gasteiger partial charge < -0.3 is 20.4 Å². The van der Waals surface area contributed by atoms with E-state index in [9.17, 15) is 19.2 Å². The molecule has 4 rings (SSSR count). The number of nitrogens with zero attached hydrogens (tertiary/aromatic N) is 2. The van der Waals surface area contributed by atoms with Crippen molar-refractivity contribution in [2.24, 2.45) is 0 Å². The van der Waals surface area contributed by atoms with Crippen LogP contribution in [-0.2, 0) is 9.59 Å². The summed E-state index contributed by atoms with van der Waals surface area (Å²) in [6, 6.07) is 14.1. The summed E-state index contributed by atoms with van der Waals surface area (Å²) in [5, 5.41) is 5.72. The van der Waals surface area contributed by atoms with Gasteiger partial charge in [-0.3, -0.25) is 19.2 Å². The summed E-state index contributed by atoms with van der Waals surface area (Å²) in [7, 11) is 0. The summed E-state index contributed by atoms with van der Waals surface area (Å²) < 4.78 is 0. The molecule has 0 unspecified atom stereocenters. The highest BCUT2D eigenvalue weighted by Gasteiger charge is 2.19. The van der Waals surface area contributed by atoms with Crippen LogP contribution in [0, 0.1) is 0 Å². The molecular formula is C30H38N4O4. The van der Waals surface area contributed by atoms with Crippen molar-refractivity contribution >= 4 is 35.0 Å². The quantitative estimate of drug-likeness (QED) is 0.453. The molecule has 2 saturated heterocycles. The number of rotatable bonds is 9. The lowest BCUT2D eigenvalue weighted by Crippen LogP contribution is -2.35. The van der Waals surface area contributed by atoms with Crippen LogP contribution >= 0.6 is 0 Å². The largest absolute Gasteiger partial charge is 0.339 e. The van der Waals surface area contributed by atoms with E-state index >= 15 is 0 Å². The zero-order valence-corrected chi connectivity index (χ0v) is 22.0. The molecule has 0 aliphatic carbocycles. The minimum atomic E-state index is -0.116. The molecule has 2 aliphatic heterocycles. The highest BCUT2D eigenvalue weighted by Crippen LogP contribution is 2.18. The van der Waals surface area contributed by atoms with Crippen LogP contribution in [0.25, 0.3) is 0 Å². The highest BCUT2D eigenvalue weighted by molar-refractivity contribution is 5.97. The smallest absolute Gasteiger partial charge is 0.253 e. The minimum Gasteiger partial charge on any atom is -0.339 e. The Morgan fingerprint density at radius 3 is 1.21 bits per heavy atom. The van der Waals surface area contributed by atoms with E-state index in [4.69, 9.17) is 0 Å². The van der Waals surface area contributed by atoms with E-state index in [2.05, 4.69) is 10.6 Å². The van der Waals surface area contributed by atoms with Crippen LogP contribution in [0.2, 0.25) is 0 Å². The third kappa shape index (κ3) is 7.91. The van der Waals surface area contributed by atoms with Gasteiger partial charge in [-0.1, -0.05) is 0 Å². The molecule has 0 bridgehead atoms. The van der Waals surface area contributed by atoms with Crippen LogP contribution in [0.15, 0.2) is 48.5 Å².